The van der Waals surface area contributed by atoms with Gasteiger partial charge in [-0.3, -0.25) is 9.59 Å². The van der Waals surface area contributed by atoms with E-state index in [0.29, 0.717) is 44.2 Å². The normalized spacial score (nSPS) is 13.8. The predicted molar refractivity (Wildman–Crippen MR) is 126 cm³/mol. The van der Waals surface area contributed by atoms with Crippen molar-refractivity contribution >= 4 is 11.8 Å². The second kappa shape index (κ2) is 9.35. The summed E-state index contributed by atoms with van der Waals surface area (Å²) in [6.07, 6.45) is 2.04. The second-order valence-corrected chi connectivity index (χ2v) is 8.32. The zero-order valence-electron chi connectivity index (χ0n) is 18.9. The highest BCUT2D eigenvalue weighted by Crippen LogP contribution is 2.17. The summed E-state index contributed by atoms with van der Waals surface area (Å²) in [7, 11) is 0. The standard InChI is InChI=1S/C26H25N5O3/c1-19-9-11-21(12-10-19)31-23(18-20-6-3-2-4-7-20)27-24(28-31)26(33)30-15-13-29(14-16-30)25(32)22-8-5-17-34-22/h2-12,17H,13-16,18H2,1H3. The molecule has 2 aromatic carbocycles. The number of benzene rings is 2. The molecule has 0 unspecified atom stereocenters. The van der Waals surface area contributed by atoms with E-state index in [2.05, 4.69) is 10.1 Å². The van der Waals surface area contributed by atoms with Crippen LogP contribution in [0.4, 0.5) is 0 Å². The van der Waals surface area contributed by atoms with Crippen LogP contribution in [0.3, 0.4) is 0 Å². The van der Waals surface area contributed by atoms with Gasteiger partial charge in [-0.05, 0) is 36.8 Å². The molecule has 0 radical (unpaired) electrons. The van der Waals surface area contributed by atoms with Gasteiger partial charge in [-0.25, -0.2) is 9.67 Å². The van der Waals surface area contributed by atoms with E-state index in [4.69, 9.17) is 4.42 Å². The zero-order valence-corrected chi connectivity index (χ0v) is 18.9. The van der Waals surface area contributed by atoms with E-state index in [1.54, 1.807) is 26.6 Å². The molecule has 1 saturated heterocycles. The molecule has 34 heavy (non-hydrogen) atoms. The molecule has 8 nitrogen and oxygen atoms in total. The summed E-state index contributed by atoms with van der Waals surface area (Å²) in [5.74, 6) is 0.778. The molecule has 0 aliphatic carbocycles. The minimum atomic E-state index is -0.231. The summed E-state index contributed by atoms with van der Waals surface area (Å²) in [5, 5.41) is 4.59. The highest BCUT2D eigenvalue weighted by Gasteiger charge is 2.29. The molecular formula is C26H25N5O3. The van der Waals surface area contributed by atoms with Crippen LogP contribution < -0.4 is 0 Å². The summed E-state index contributed by atoms with van der Waals surface area (Å²) in [6, 6.07) is 21.3. The van der Waals surface area contributed by atoms with E-state index in [9.17, 15) is 9.59 Å². The Morgan fingerprint density at radius 1 is 0.853 bits per heavy atom. The van der Waals surface area contributed by atoms with Crippen molar-refractivity contribution in [1.29, 1.82) is 0 Å². The average molecular weight is 456 g/mol. The summed E-state index contributed by atoms with van der Waals surface area (Å²) in [6.45, 7) is 3.72. The van der Waals surface area contributed by atoms with Gasteiger partial charge in [0.15, 0.2) is 5.76 Å². The number of aryl methyl sites for hydroxylation is 1. The first-order valence-electron chi connectivity index (χ1n) is 11.3. The SMILES string of the molecule is Cc1ccc(-n2nc(C(=O)N3CCN(C(=O)c4ccco4)CC3)nc2Cc2ccccc2)cc1. The molecule has 2 amide bonds. The first-order chi connectivity index (χ1) is 16.6. The lowest BCUT2D eigenvalue weighted by atomic mass is 10.1. The van der Waals surface area contributed by atoms with Crippen LogP contribution in [0.15, 0.2) is 77.4 Å². The molecule has 1 aliphatic heterocycles. The third kappa shape index (κ3) is 4.47. The monoisotopic (exact) mass is 455 g/mol. The number of carbonyl (C=O) groups is 2. The van der Waals surface area contributed by atoms with Crippen LogP contribution in [0.5, 0.6) is 0 Å². The predicted octanol–water partition coefficient (Wildman–Crippen LogP) is 3.36. The topological polar surface area (TPSA) is 84.5 Å². The van der Waals surface area contributed by atoms with Crippen LogP contribution in [0, 0.1) is 6.92 Å². The Bertz CT molecular complexity index is 1270. The van der Waals surface area contributed by atoms with E-state index in [1.807, 2.05) is 61.5 Å². The van der Waals surface area contributed by atoms with Crippen molar-refractivity contribution in [1.82, 2.24) is 24.6 Å². The highest BCUT2D eigenvalue weighted by atomic mass is 16.3. The molecular weight excluding hydrogens is 430 g/mol. The Balaban J connectivity index is 1.35. The van der Waals surface area contributed by atoms with Gasteiger partial charge in [0.2, 0.25) is 5.82 Å². The number of rotatable bonds is 5. The molecule has 1 fully saturated rings. The van der Waals surface area contributed by atoms with Crippen LogP contribution in [-0.4, -0.2) is 62.6 Å². The van der Waals surface area contributed by atoms with Crippen molar-refractivity contribution in [3.63, 3.8) is 0 Å². The maximum Gasteiger partial charge on any atom is 0.293 e. The Morgan fingerprint density at radius 2 is 1.53 bits per heavy atom. The largest absolute Gasteiger partial charge is 0.459 e. The molecule has 0 N–H and O–H groups in total. The fourth-order valence-electron chi connectivity index (χ4n) is 4.03. The summed E-state index contributed by atoms with van der Waals surface area (Å²) in [4.78, 5) is 33.8. The molecule has 5 rings (SSSR count). The van der Waals surface area contributed by atoms with Gasteiger partial charge >= 0.3 is 0 Å². The van der Waals surface area contributed by atoms with Crippen LogP contribution in [0.2, 0.25) is 0 Å². The maximum absolute atomic E-state index is 13.3. The fraction of sp³-hybridized carbons (Fsp3) is 0.231. The molecule has 3 heterocycles. The summed E-state index contributed by atoms with van der Waals surface area (Å²) >= 11 is 0. The lowest BCUT2D eigenvalue weighted by Gasteiger charge is -2.33. The molecule has 1 aliphatic rings. The highest BCUT2D eigenvalue weighted by molar-refractivity contribution is 5.92. The van der Waals surface area contributed by atoms with Gasteiger partial charge in [0.25, 0.3) is 11.8 Å². The van der Waals surface area contributed by atoms with Crippen molar-refractivity contribution in [3.05, 3.63) is 102 Å². The third-order valence-corrected chi connectivity index (χ3v) is 5.94. The summed E-state index contributed by atoms with van der Waals surface area (Å²) < 4.78 is 6.96. The minimum Gasteiger partial charge on any atom is -0.459 e. The van der Waals surface area contributed by atoms with Crippen LogP contribution in [0.25, 0.3) is 5.69 Å². The Labute approximate surface area is 197 Å². The van der Waals surface area contributed by atoms with Crippen molar-refractivity contribution in [2.24, 2.45) is 0 Å². The van der Waals surface area contributed by atoms with Gasteiger partial charge in [-0.2, -0.15) is 0 Å². The number of hydrogen-bond acceptors (Lipinski definition) is 5. The smallest absolute Gasteiger partial charge is 0.293 e. The quantitative estimate of drug-likeness (QED) is 0.461. The van der Waals surface area contributed by atoms with Gasteiger partial charge in [0.1, 0.15) is 5.82 Å². The van der Waals surface area contributed by atoms with Crippen molar-refractivity contribution in [2.45, 2.75) is 13.3 Å². The van der Waals surface area contributed by atoms with Gasteiger partial charge in [0.05, 0.1) is 12.0 Å². The molecule has 0 saturated carbocycles. The van der Waals surface area contributed by atoms with E-state index >= 15 is 0 Å². The summed E-state index contributed by atoms with van der Waals surface area (Å²) in [5.41, 5.74) is 3.09. The average Bonchev–Trinajstić information content (AvgIpc) is 3.55. The molecule has 4 aromatic rings. The molecule has 172 valence electrons. The van der Waals surface area contributed by atoms with Crippen LogP contribution in [0.1, 0.15) is 38.1 Å². The van der Waals surface area contributed by atoms with Crippen LogP contribution in [-0.2, 0) is 6.42 Å². The third-order valence-electron chi connectivity index (χ3n) is 5.94. The lowest BCUT2D eigenvalue weighted by molar-refractivity contribution is 0.0512. The number of piperazine rings is 1. The van der Waals surface area contributed by atoms with E-state index in [-0.39, 0.29) is 17.6 Å². The van der Waals surface area contributed by atoms with Crippen LogP contribution >= 0.6 is 0 Å². The van der Waals surface area contributed by atoms with Crippen molar-refractivity contribution in [2.75, 3.05) is 26.2 Å². The molecule has 0 spiro atoms. The van der Waals surface area contributed by atoms with E-state index in [1.165, 1.54) is 6.26 Å². The molecule has 0 atom stereocenters. The second-order valence-electron chi connectivity index (χ2n) is 8.32. The van der Waals surface area contributed by atoms with Gasteiger partial charge in [-0.1, -0.05) is 48.0 Å². The Kier molecular flexibility index (Phi) is 5.95. The Hall–Kier alpha value is -4.20. The van der Waals surface area contributed by atoms with Gasteiger partial charge < -0.3 is 14.2 Å². The maximum atomic E-state index is 13.3. The fourth-order valence-corrected chi connectivity index (χ4v) is 4.03. The number of hydrogen-bond donors (Lipinski definition) is 0. The van der Waals surface area contributed by atoms with Gasteiger partial charge in [-0.15, -0.1) is 5.10 Å². The van der Waals surface area contributed by atoms with E-state index in [0.717, 1.165) is 16.8 Å². The molecule has 8 heteroatoms. The number of furan rings is 1. The zero-order chi connectivity index (χ0) is 23.5. The number of carbonyl (C=O) groups excluding carboxylic acids is 2. The molecule has 2 aromatic heterocycles. The first kappa shape index (κ1) is 21.6. The molecule has 0 bridgehead atoms. The number of nitrogens with zero attached hydrogens (tertiary/aromatic N) is 5. The Morgan fingerprint density at radius 3 is 2.18 bits per heavy atom. The van der Waals surface area contributed by atoms with Crippen molar-refractivity contribution < 1.29 is 14.0 Å². The van der Waals surface area contributed by atoms with E-state index < -0.39 is 0 Å². The minimum absolute atomic E-state index is 0.163. The van der Waals surface area contributed by atoms with Crippen molar-refractivity contribution in [3.8, 4) is 5.69 Å². The number of amides is 2. The van der Waals surface area contributed by atoms with Gasteiger partial charge in [0, 0.05) is 32.6 Å². The number of aromatic nitrogens is 3. The first-order valence-corrected chi connectivity index (χ1v) is 11.3. The lowest BCUT2D eigenvalue weighted by Crippen LogP contribution is -2.50.